The molecule has 0 aliphatic heterocycles. The first-order valence-corrected chi connectivity index (χ1v) is 7.80. The number of likely N-dealkylation sites (N-methyl/N-ethyl adjacent to an activating group) is 1. The van der Waals surface area contributed by atoms with Gasteiger partial charge >= 0.3 is 0 Å². The fraction of sp³-hybridized carbons (Fsp3) is 0.350. The highest BCUT2D eigenvalue weighted by Crippen LogP contribution is 2.49. The number of nitrogens with one attached hydrogen (secondary N) is 1. The molecule has 0 bridgehead atoms. The van der Waals surface area contributed by atoms with Crippen LogP contribution in [-0.2, 0) is 4.79 Å². The van der Waals surface area contributed by atoms with E-state index in [0.717, 1.165) is 34.4 Å². The molecule has 1 N–H and O–H groups in total. The molecule has 0 amide bonds. The molecule has 1 fully saturated rings. The number of hydrogen-bond acceptors (Lipinski definition) is 3. The van der Waals surface area contributed by atoms with Crippen LogP contribution < -0.4 is 10.1 Å². The highest BCUT2D eigenvalue weighted by molar-refractivity contribution is 5.91. The van der Waals surface area contributed by atoms with Gasteiger partial charge in [-0.2, -0.15) is 0 Å². The van der Waals surface area contributed by atoms with Crippen LogP contribution in [0.15, 0.2) is 47.4 Å². The Bertz CT molecular complexity index is 805. The number of hydrogen-bond donors (Lipinski definition) is 1. The second-order valence-electron chi connectivity index (χ2n) is 6.17. The smallest absolute Gasteiger partial charge is 0.150 e. The number of rotatable bonds is 5. The third-order valence-corrected chi connectivity index (χ3v) is 4.91. The Morgan fingerprint density at radius 3 is 2.61 bits per heavy atom. The van der Waals surface area contributed by atoms with Crippen molar-refractivity contribution in [2.75, 3.05) is 14.2 Å². The van der Waals surface area contributed by atoms with Gasteiger partial charge in [-0.1, -0.05) is 11.5 Å². The number of carbonyl (C=O) groups excluding carboxylic acids is 1. The van der Waals surface area contributed by atoms with Crippen LogP contribution in [0.5, 0.6) is 5.75 Å². The fourth-order valence-corrected chi connectivity index (χ4v) is 3.30. The molecule has 3 nitrogen and oxygen atoms in total. The summed E-state index contributed by atoms with van der Waals surface area (Å²) in [5.41, 5.74) is 10.4. The fourth-order valence-electron chi connectivity index (χ4n) is 3.30. The minimum absolute atomic E-state index is 0.188. The van der Waals surface area contributed by atoms with Gasteiger partial charge in [-0.3, -0.25) is 4.79 Å². The van der Waals surface area contributed by atoms with Crippen LogP contribution >= 0.6 is 0 Å². The zero-order valence-corrected chi connectivity index (χ0v) is 14.0. The Morgan fingerprint density at radius 1 is 1.35 bits per heavy atom. The normalized spacial score (nSPS) is 25.0. The van der Waals surface area contributed by atoms with Gasteiger partial charge in [-0.15, -0.1) is 0 Å². The van der Waals surface area contributed by atoms with Crippen molar-refractivity contribution in [3.8, 4) is 5.75 Å². The molecular formula is C20H21NO2. The number of benzene rings is 1. The van der Waals surface area contributed by atoms with Crippen LogP contribution in [0.3, 0.4) is 0 Å². The Balaban J connectivity index is 1.94. The van der Waals surface area contributed by atoms with Gasteiger partial charge in [0.1, 0.15) is 11.5 Å². The average Bonchev–Trinajstić information content (AvgIpc) is 3.31. The maximum Gasteiger partial charge on any atom is 0.150 e. The van der Waals surface area contributed by atoms with Gasteiger partial charge in [0.15, 0.2) is 0 Å². The molecule has 23 heavy (non-hydrogen) atoms. The summed E-state index contributed by atoms with van der Waals surface area (Å²) in [6.45, 7) is 3.71. The number of methoxy groups -OCH3 is 1. The summed E-state index contributed by atoms with van der Waals surface area (Å²) in [6, 6.07) is 6.00. The summed E-state index contributed by atoms with van der Waals surface area (Å²) >= 11 is 0. The van der Waals surface area contributed by atoms with E-state index < -0.39 is 5.54 Å². The summed E-state index contributed by atoms with van der Waals surface area (Å²) in [7, 11) is 3.52. The number of carbonyl (C=O) groups is 1. The molecule has 3 rings (SSSR count). The predicted octanol–water partition coefficient (Wildman–Crippen LogP) is 3.20. The molecule has 2 unspecified atom stereocenters. The van der Waals surface area contributed by atoms with Gasteiger partial charge < -0.3 is 10.1 Å². The van der Waals surface area contributed by atoms with Gasteiger partial charge in [0.25, 0.3) is 0 Å². The van der Waals surface area contributed by atoms with Crippen molar-refractivity contribution in [1.82, 2.24) is 5.32 Å². The van der Waals surface area contributed by atoms with Crippen LogP contribution in [0.25, 0.3) is 5.57 Å². The van der Waals surface area contributed by atoms with Gasteiger partial charge in [-0.05, 0) is 68.8 Å². The highest BCUT2D eigenvalue weighted by Gasteiger charge is 2.58. The molecule has 3 heteroatoms. The average molecular weight is 307 g/mol. The molecule has 2 aliphatic rings. The standard InChI is InChI=1S/C20H21NO2/c1-13-11-17(23-4)9-10-18(13)15-5-7-16(8-6-15)19-12-20(19,21-3)14(2)22/h5,7,9-11,19,21H,12H2,1-4H3. The lowest BCUT2D eigenvalue weighted by Gasteiger charge is -2.13. The largest absolute Gasteiger partial charge is 0.497 e. The quantitative estimate of drug-likeness (QED) is 0.849. The Kier molecular flexibility index (Phi) is 3.87. The van der Waals surface area contributed by atoms with E-state index in [-0.39, 0.29) is 11.7 Å². The van der Waals surface area contributed by atoms with Crippen molar-refractivity contribution in [3.05, 3.63) is 58.5 Å². The summed E-state index contributed by atoms with van der Waals surface area (Å²) in [4.78, 5) is 11.8. The molecule has 0 saturated heterocycles. The van der Waals surface area contributed by atoms with E-state index in [1.165, 1.54) is 0 Å². The van der Waals surface area contributed by atoms with Crippen molar-refractivity contribution < 1.29 is 9.53 Å². The van der Waals surface area contributed by atoms with Crippen molar-refractivity contribution in [1.29, 1.82) is 0 Å². The van der Waals surface area contributed by atoms with Crippen LogP contribution in [0, 0.1) is 12.8 Å². The molecular weight excluding hydrogens is 286 g/mol. The first-order chi connectivity index (χ1) is 11.0. The SMILES string of the molecule is CNC1(C(C)=O)CC1C1=C=C=C(c2ccc(OC)cc2C)C=C1. The van der Waals surface area contributed by atoms with Crippen molar-refractivity contribution in [3.63, 3.8) is 0 Å². The van der Waals surface area contributed by atoms with E-state index in [2.05, 4.69) is 35.9 Å². The predicted molar refractivity (Wildman–Crippen MR) is 91.4 cm³/mol. The Morgan fingerprint density at radius 2 is 2.13 bits per heavy atom. The van der Waals surface area contributed by atoms with Crippen LogP contribution in [0.1, 0.15) is 24.5 Å². The molecule has 1 aromatic carbocycles. The van der Waals surface area contributed by atoms with E-state index in [1.54, 1.807) is 14.0 Å². The zero-order valence-electron chi connectivity index (χ0n) is 14.0. The molecule has 1 aromatic rings. The summed E-state index contributed by atoms with van der Waals surface area (Å²) in [5.74, 6) is 1.24. The molecule has 0 radical (unpaired) electrons. The van der Waals surface area contributed by atoms with Crippen molar-refractivity contribution >= 4 is 11.4 Å². The number of ketones is 1. The van der Waals surface area contributed by atoms with E-state index in [4.69, 9.17) is 4.74 Å². The summed E-state index contributed by atoms with van der Waals surface area (Å²) < 4.78 is 5.25. The third kappa shape index (κ3) is 2.60. The summed E-state index contributed by atoms with van der Waals surface area (Å²) in [5, 5.41) is 3.17. The number of aryl methyl sites for hydroxylation is 1. The first kappa shape index (κ1) is 15.6. The number of ether oxygens (including phenoxy) is 1. The van der Waals surface area contributed by atoms with E-state index in [0.29, 0.717) is 0 Å². The van der Waals surface area contributed by atoms with E-state index in [1.807, 2.05) is 25.2 Å². The molecule has 118 valence electrons. The van der Waals surface area contributed by atoms with Gasteiger partial charge in [0.05, 0.1) is 12.6 Å². The van der Waals surface area contributed by atoms with E-state index >= 15 is 0 Å². The molecule has 2 aliphatic carbocycles. The first-order valence-electron chi connectivity index (χ1n) is 7.80. The molecule has 0 spiro atoms. The zero-order chi connectivity index (χ0) is 16.6. The number of Topliss-reactive ketones (excluding diaryl/α,β-unsaturated/α-hetero) is 1. The molecule has 1 saturated carbocycles. The lowest BCUT2D eigenvalue weighted by molar-refractivity contribution is -0.120. The van der Waals surface area contributed by atoms with Crippen LogP contribution in [0.2, 0.25) is 0 Å². The topological polar surface area (TPSA) is 38.3 Å². The lowest BCUT2D eigenvalue weighted by atomic mass is 9.96. The highest BCUT2D eigenvalue weighted by atomic mass is 16.5. The minimum Gasteiger partial charge on any atom is -0.497 e. The minimum atomic E-state index is -0.401. The molecule has 0 aromatic heterocycles. The maximum absolute atomic E-state index is 11.8. The second kappa shape index (κ2) is 5.72. The van der Waals surface area contributed by atoms with E-state index in [9.17, 15) is 4.79 Å². The molecule has 0 heterocycles. The van der Waals surface area contributed by atoms with Gasteiger partial charge in [-0.25, -0.2) is 0 Å². The maximum atomic E-state index is 11.8. The third-order valence-electron chi connectivity index (χ3n) is 4.91. The van der Waals surface area contributed by atoms with Crippen molar-refractivity contribution in [2.24, 2.45) is 5.92 Å². The Hall–Kier alpha value is -2.31. The monoisotopic (exact) mass is 307 g/mol. The van der Waals surface area contributed by atoms with Gasteiger partial charge in [0, 0.05) is 17.1 Å². The van der Waals surface area contributed by atoms with Crippen LogP contribution in [-0.4, -0.2) is 25.5 Å². The second-order valence-corrected chi connectivity index (χ2v) is 6.17. The number of allylic oxidation sites excluding steroid dienone is 3. The lowest BCUT2D eigenvalue weighted by Crippen LogP contribution is -2.37. The molecule has 2 atom stereocenters. The summed E-state index contributed by atoms with van der Waals surface area (Å²) in [6.07, 6.45) is 4.95. The van der Waals surface area contributed by atoms with Gasteiger partial charge in [0.2, 0.25) is 0 Å². The van der Waals surface area contributed by atoms with Crippen LogP contribution in [0.4, 0.5) is 0 Å². The van der Waals surface area contributed by atoms with Crippen molar-refractivity contribution in [2.45, 2.75) is 25.8 Å². The Labute approximate surface area is 137 Å².